The molecule has 0 aliphatic rings. The van der Waals surface area contributed by atoms with Crippen LogP contribution in [0.5, 0.6) is 0 Å². The lowest BCUT2D eigenvalue weighted by Gasteiger charge is -2.12. The van der Waals surface area contributed by atoms with Crippen molar-refractivity contribution in [3.63, 3.8) is 0 Å². The van der Waals surface area contributed by atoms with Gasteiger partial charge in [0.1, 0.15) is 0 Å². The smallest absolute Gasteiger partial charge is 0.337 e. The van der Waals surface area contributed by atoms with Crippen molar-refractivity contribution < 1.29 is 14.3 Å². The summed E-state index contributed by atoms with van der Waals surface area (Å²) in [5.74, 6) is -0.518. The molecule has 0 aromatic heterocycles. The van der Waals surface area contributed by atoms with Crippen LogP contribution in [0, 0.1) is 6.92 Å². The Morgan fingerprint density at radius 1 is 1.00 bits per heavy atom. The minimum absolute atomic E-state index is 0.283. The number of carbonyl (C=O) groups is 2. The summed E-state index contributed by atoms with van der Waals surface area (Å²) in [7, 11) is 1.28. The van der Waals surface area contributed by atoms with Gasteiger partial charge in [-0.25, -0.2) is 9.59 Å². The first-order valence-corrected chi connectivity index (χ1v) is 7.39. The maximum Gasteiger partial charge on any atom is 0.337 e. The van der Waals surface area contributed by atoms with Crippen LogP contribution >= 0.6 is 23.2 Å². The summed E-state index contributed by atoms with van der Waals surface area (Å²) in [5.41, 5.74) is 1.91. The van der Waals surface area contributed by atoms with E-state index < -0.39 is 12.0 Å². The predicted octanol–water partition coefficient (Wildman–Crippen LogP) is 4.73. The summed E-state index contributed by atoms with van der Waals surface area (Å²) >= 11 is 12.0. The zero-order chi connectivity index (χ0) is 17.0. The van der Waals surface area contributed by atoms with E-state index in [0.29, 0.717) is 21.4 Å². The van der Waals surface area contributed by atoms with Gasteiger partial charge in [0, 0.05) is 10.7 Å². The maximum absolute atomic E-state index is 12.1. The number of ether oxygens (including phenoxy) is 1. The van der Waals surface area contributed by atoms with Crippen LogP contribution in [0.25, 0.3) is 0 Å². The van der Waals surface area contributed by atoms with E-state index in [0.717, 1.165) is 5.56 Å². The van der Waals surface area contributed by atoms with E-state index in [2.05, 4.69) is 15.4 Å². The minimum Gasteiger partial charge on any atom is -0.465 e. The molecule has 0 fully saturated rings. The molecule has 2 N–H and O–H groups in total. The number of esters is 1. The molecule has 0 aliphatic heterocycles. The van der Waals surface area contributed by atoms with E-state index >= 15 is 0 Å². The number of carbonyl (C=O) groups excluding carboxylic acids is 2. The molecule has 0 unspecified atom stereocenters. The van der Waals surface area contributed by atoms with E-state index in [1.807, 2.05) is 0 Å². The first-order chi connectivity index (χ1) is 10.9. The lowest BCUT2D eigenvalue weighted by atomic mass is 10.2. The number of hydrogen-bond acceptors (Lipinski definition) is 3. The highest BCUT2D eigenvalue weighted by atomic mass is 35.5. The molecule has 0 radical (unpaired) electrons. The Hall–Kier alpha value is -2.24. The number of anilines is 2. The van der Waals surface area contributed by atoms with Crippen molar-refractivity contribution in [3.05, 3.63) is 57.6 Å². The van der Waals surface area contributed by atoms with E-state index in [9.17, 15) is 9.59 Å². The Kier molecular flexibility index (Phi) is 5.47. The molecular weight excluding hydrogens is 339 g/mol. The predicted molar refractivity (Wildman–Crippen MR) is 91.6 cm³/mol. The molecule has 5 nitrogen and oxygen atoms in total. The fourth-order valence-corrected chi connectivity index (χ4v) is 2.22. The van der Waals surface area contributed by atoms with Gasteiger partial charge in [-0.2, -0.15) is 0 Å². The van der Waals surface area contributed by atoms with E-state index in [-0.39, 0.29) is 5.56 Å². The highest BCUT2D eigenvalue weighted by Crippen LogP contribution is 2.25. The standard InChI is InChI=1S/C16H14Cl2N2O3/c1-9-11(17)4-3-5-13(9)19-16(22)20-14-8-10(15(21)23-2)6-7-12(14)18/h3-8H,1-2H3,(H2,19,20,22). The van der Waals surface area contributed by atoms with Gasteiger partial charge in [0.15, 0.2) is 0 Å². The molecule has 2 amide bonds. The molecular formula is C16H14Cl2N2O3. The van der Waals surface area contributed by atoms with Crippen LogP contribution in [0.1, 0.15) is 15.9 Å². The molecule has 23 heavy (non-hydrogen) atoms. The van der Waals surface area contributed by atoms with E-state index in [1.165, 1.54) is 25.3 Å². The number of halogens is 2. The summed E-state index contributed by atoms with van der Waals surface area (Å²) in [5, 5.41) is 6.12. The molecule has 2 aromatic rings. The third kappa shape index (κ3) is 4.15. The average Bonchev–Trinajstić information content (AvgIpc) is 2.53. The Bertz CT molecular complexity index is 763. The topological polar surface area (TPSA) is 67.4 Å². The second-order valence-electron chi connectivity index (χ2n) is 4.68. The average molecular weight is 353 g/mol. The molecule has 2 rings (SSSR count). The Morgan fingerprint density at radius 3 is 2.39 bits per heavy atom. The van der Waals surface area contributed by atoms with Gasteiger partial charge in [0.05, 0.1) is 23.4 Å². The van der Waals surface area contributed by atoms with Gasteiger partial charge in [-0.05, 0) is 42.8 Å². The molecule has 0 heterocycles. The molecule has 0 aliphatic carbocycles. The molecule has 2 aromatic carbocycles. The largest absolute Gasteiger partial charge is 0.465 e. The molecule has 0 spiro atoms. The van der Waals surface area contributed by atoms with Gasteiger partial charge in [-0.15, -0.1) is 0 Å². The van der Waals surface area contributed by atoms with E-state index in [4.69, 9.17) is 23.2 Å². The monoisotopic (exact) mass is 352 g/mol. The third-order valence-electron chi connectivity index (χ3n) is 3.15. The quantitative estimate of drug-likeness (QED) is 0.784. The minimum atomic E-state index is -0.518. The summed E-state index contributed by atoms with van der Waals surface area (Å²) in [6, 6.07) is 9.16. The van der Waals surface area contributed by atoms with Crippen LogP contribution in [-0.2, 0) is 4.74 Å². The summed E-state index contributed by atoms with van der Waals surface area (Å²) < 4.78 is 4.64. The lowest BCUT2D eigenvalue weighted by molar-refractivity contribution is 0.0600. The van der Waals surface area contributed by atoms with Crippen LogP contribution in [0.3, 0.4) is 0 Å². The van der Waals surface area contributed by atoms with Crippen molar-refractivity contribution in [2.45, 2.75) is 6.92 Å². The number of hydrogen-bond donors (Lipinski definition) is 2. The summed E-state index contributed by atoms with van der Waals surface area (Å²) in [4.78, 5) is 23.6. The van der Waals surface area contributed by atoms with Crippen LogP contribution in [0.2, 0.25) is 10.0 Å². The summed E-state index contributed by atoms with van der Waals surface area (Å²) in [6.07, 6.45) is 0. The van der Waals surface area contributed by atoms with Gasteiger partial charge < -0.3 is 15.4 Å². The highest BCUT2D eigenvalue weighted by Gasteiger charge is 2.12. The van der Waals surface area contributed by atoms with Crippen molar-refractivity contribution in [2.24, 2.45) is 0 Å². The molecule has 7 heteroatoms. The molecule has 0 bridgehead atoms. The number of methoxy groups -OCH3 is 1. The number of amides is 2. The normalized spacial score (nSPS) is 10.1. The Labute approximate surface area is 143 Å². The van der Waals surface area contributed by atoms with Crippen molar-refractivity contribution in [2.75, 3.05) is 17.7 Å². The number of rotatable bonds is 3. The fourth-order valence-electron chi connectivity index (χ4n) is 1.88. The lowest BCUT2D eigenvalue weighted by Crippen LogP contribution is -2.20. The van der Waals surface area contributed by atoms with Gasteiger partial charge >= 0.3 is 12.0 Å². The second kappa shape index (κ2) is 7.35. The van der Waals surface area contributed by atoms with Crippen molar-refractivity contribution in [3.8, 4) is 0 Å². The fraction of sp³-hybridized carbons (Fsp3) is 0.125. The van der Waals surface area contributed by atoms with Crippen molar-refractivity contribution in [1.82, 2.24) is 0 Å². The van der Waals surface area contributed by atoms with E-state index in [1.54, 1.807) is 25.1 Å². The number of benzene rings is 2. The molecule has 0 saturated heterocycles. The van der Waals surface area contributed by atoms with Crippen LogP contribution in [-0.4, -0.2) is 19.1 Å². The zero-order valence-corrected chi connectivity index (χ0v) is 14.0. The van der Waals surface area contributed by atoms with Crippen LogP contribution < -0.4 is 10.6 Å². The highest BCUT2D eigenvalue weighted by molar-refractivity contribution is 6.34. The summed E-state index contributed by atoms with van der Waals surface area (Å²) in [6.45, 7) is 1.79. The Morgan fingerprint density at radius 2 is 1.70 bits per heavy atom. The Balaban J connectivity index is 2.17. The number of urea groups is 1. The maximum atomic E-state index is 12.1. The van der Waals surface area contributed by atoms with Gasteiger partial charge in [-0.3, -0.25) is 0 Å². The molecule has 0 saturated carbocycles. The molecule has 0 atom stereocenters. The van der Waals surface area contributed by atoms with Crippen LogP contribution in [0.15, 0.2) is 36.4 Å². The molecule has 120 valence electrons. The number of nitrogens with one attached hydrogen (secondary N) is 2. The first kappa shape index (κ1) is 17.1. The van der Waals surface area contributed by atoms with Crippen molar-refractivity contribution >= 4 is 46.6 Å². The van der Waals surface area contributed by atoms with Gasteiger partial charge in [0.25, 0.3) is 0 Å². The zero-order valence-electron chi connectivity index (χ0n) is 12.4. The van der Waals surface area contributed by atoms with Gasteiger partial charge in [0.2, 0.25) is 0 Å². The SMILES string of the molecule is COC(=O)c1ccc(Cl)c(NC(=O)Nc2cccc(Cl)c2C)c1. The third-order valence-corrected chi connectivity index (χ3v) is 3.89. The first-order valence-electron chi connectivity index (χ1n) is 6.63. The second-order valence-corrected chi connectivity index (χ2v) is 5.49. The van der Waals surface area contributed by atoms with Crippen LogP contribution in [0.4, 0.5) is 16.2 Å². The van der Waals surface area contributed by atoms with Crippen molar-refractivity contribution in [1.29, 1.82) is 0 Å². The van der Waals surface area contributed by atoms with Gasteiger partial charge in [-0.1, -0.05) is 29.3 Å².